The summed E-state index contributed by atoms with van der Waals surface area (Å²) in [5, 5.41) is 8.72. The molecule has 114 valence electrons. The van der Waals surface area contributed by atoms with Crippen molar-refractivity contribution in [3.8, 4) is 0 Å². The van der Waals surface area contributed by atoms with E-state index in [0.29, 0.717) is 25.9 Å². The van der Waals surface area contributed by atoms with Crippen molar-refractivity contribution in [2.45, 2.75) is 39.2 Å². The maximum atomic E-state index is 11.5. The summed E-state index contributed by atoms with van der Waals surface area (Å²) in [7, 11) is -2.02. The first-order chi connectivity index (χ1) is 8.78. The molecule has 0 aromatic rings. The molecule has 0 spiro atoms. The average Bonchev–Trinajstić information content (AvgIpc) is 2.27. The molecule has 0 saturated heterocycles. The Kier molecular flexibility index (Phi) is 8.90. The first-order valence-corrected chi connectivity index (χ1v) is 7.75. The maximum Gasteiger partial charge on any atom is 0.306 e. The lowest BCUT2D eigenvalue weighted by Crippen LogP contribution is -2.42. The molecule has 0 aliphatic carbocycles. The van der Waals surface area contributed by atoms with Gasteiger partial charge in [-0.2, -0.15) is 17.9 Å². The predicted octanol–water partition coefficient (Wildman–Crippen LogP) is 0.336. The van der Waals surface area contributed by atoms with E-state index in [0.717, 1.165) is 0 Å². The molecule has 0 aliphatic heterocycles. The molecule has 0 radical (unpaired) electrons. The van der Waals surface area contributed by atoms with E-state index in [-0.39, 0.29) is 12.6 Å². The van der Waals surface area contributed by atoms with E-state index in [1.807, 2.05) is 0 Å². The summed E-state index contributed by atoms with van der Waals surface area (Å²) >= 11 is 0. The topological polar surface area (TPSA) is 105 Å². The van der Waals surface area contributed by atoms with Gasteiger partial charge < -0.3 is 9.84 Å². The van der Waals surface area contributed by atoms with Crippen LogP contribution in [0.5, 0.6) is 0 Å². The second-order valence-corrected chi connectivity index (χ2v) is 6.11. The van der Waals surface area contributed by atoms with Crippen molar-refractivity contribution in [1.82, 2.24) is 9.44 Å². The van der Waals surface area contributed by atoms with Crippen LogP contribution >= 0.6 is 0 Å². The van der Waals surface area contributed by atoms with Crippen LogP contribution in [0.25, 0.3) is 0 Å². The average molecular weight is 296 g/mol. The minimum absolute atomic E-state index is 0.217. The largest absolute Gasteiger partial charge is 0.481 e. The zero-order valence-electron chi connectivity index (χ0n) is 11.7. The lowest BCUT2D eigenvalue weighted by molar-refractivity contribution is -0.141. The molecule has 0 rings (SSSR count). The summed E-state index contributed by atoms with van der Waals surface area (Å²) in [6.45, 7) is 3.92. The number of ether oxygens (including phenoxy) is 1. The molecule has 0 aromatic heterocycles. The van der Waals surface area contributed by atoms with Gasteiger partial charge >= 0.3 is 5.97 Å². The van der Waals surface area contributed by atoms with Crippen molar-refractivity contribution < 1.29 is 23.1 Å². The number of carboxylic acid groups (broad SMARTS) is 1. The summed E-state index contributed by atoms with van der Waals surface area (Å²) in [4.78, 5) is 10.6. The van der Waals surface area contributed by atoms with Crippen LogP contribution in [0.3, 0.4) is 0 Å². The molecule has 0 amide bonds. The number of carbonyl (C=O) groups is 1. The van der Waals surface area contributed by atoms with Gasteiger partial charge in [-0.15, -0.1) is 0 Å². The van der Waals surface area contributed by atoms with Gasteiger partial charge in [-0.3, -0.25) is 4.79 Å². The summed E-state index contributed by atoms with van der Waals surface area (Å²) in [6, 6.07) is -0.235. The highest BCUT2D eigenvalue weighted by atomic mass is 32.2. The van der Waals surface area contributed by atoms with Crippen molar-refractivity contribution in [2.24, 2.45) is 5.92 Å². The predicted molar refractivity (Wildman–Crippen MR) is 72.0 cm³/mol. The quantitative estimate of drug-likeness (QED) is 0.477. The third-order valence-electron chi connectivity index (χ3n) is 2.65. The number of aliphatic carboxylic acids is 1. The highest BCUT2D eigenvalue weighted by Gasteiger charge is 2.15. The van der Waals surface area contributed by atoms with Crippen LogP contribution in [0.4, 0.5) is 0 Å². The minimum atomic E-state index is -3.52. The molecule has 2 unspecified atom stereocenters. The zero-order chi connectivity index (χ0) is 14.9. The lowest BCUT2D eigenvalue weighted by atomic mass is 10.0. The molecular formula is C11H24N2O5S. The minimum Gasteiger partial charge on any atom is -0.481 e. The molecule has 3 N–H and O–H groups in total. The Morgan fingerprint density at radius 1 is 1.32 bits per heavy atom. The van der Waals surface area contributed by atoms with Gasteiger partial charge in [0.05, 0.1) is 12.5 Å². The van der Waals surface area contributed by atoms with Crippen molar-refractivity contribution >= 4 is 16.2 Å². The van der Waals surface area contributed by atoms with Gasteiger partial charge in [-0.05, 0) is 19.8 Å². The zero-order valence-corrected chi connectivity index (χ0v) is 12.5. The van der Waals surface area contributed by atoms with E-state index in [2.05, 4.69) is 9.44 Å². The van der Waals surface area contributed by atoms with Crippen LogP contribution in [-0.2, 0) is 19.7 Å². The van der Waals surface area contributed by atoms with Crippen LogP contribution in [-0.4, -0.2) is 45.8 Å². The van der Waals surface area contributed by atoms with Crippen LogP contribution in [0, 0.1) is 5.92 Å². The summed E-state index contributed by atoms with van der Waals surface area (Å²) in [5.41, 5.74) is 0. The monoisotopic (exact) mass is 296 g/mol. The molecule has 0 heterocycles. The van der Waals surface area contributed by atoms with Crippen molar-refractivity contribution in [1.29, 1.82) is 0 Å². The van der Waals surface area contributed by atoms with Crippen molar-refractivity contribution in [2.75, 3.05) is 20.3 Å². The van der Waals surface area contributed by atoms with Crippen LogP contribution < -0.4 is 9.44 Å². The number of rotatable bonds is 11. The molecule has 8 heteroatoms. The second kappa shape index (κ2) is 9.24. The van der Waals surface area contributed by atoms with Gasteiger partial charge in [0.1, 0.15) is 0 Å². The number of hydrogen-bond donors (Lipinski definition) is 3. The smallest absolute Gasteiger partial charge is 0.306 e. The van der Waals surface area contributed by atoms with Gasteiger partial charge in [0.2, 0.25) is 0 Å². The Balaban J connectivity index is 3.90. The number of carboxylic acids is 1. The van der Waals surface area contributed by atoms with Gasteiger partial charge in [0.15, 0.2) is 0 Å². The van der Waals surface area contributed by atoms with Crippen LogP contribution in [0.1, 0.15) is 33.1 Å². The van der Waals surface area contributed by atoms with E-state index in [9.17, 15) is 13.2 Å². The molecule has 2 atom stereocenters. The van der Waals surface area contributed by atoms with E-state index >= 15 is 0 Å². The Labute approximate surface area is 114 Å². The fourth-order valence-electron chi connectivity index (χ4n) is 1.50. The summed E-state index contributed by atoms with van der Waals surface area (Å²) < 4.78 is 32.7. The lowest BCUT2D eigenvalue weighted by Gasteiger charge is -2.15. The molecule has 0 saturated carbocycles. The first-order valence-electron chi connectivity index (χ1n) is 6.27. The van der Waals surface area contributed by atoms with E-state index < -0.39 is 22.1 Å². The first kappa shape index (κ1) is 18.3. The van der Waals surface area contributed by atoms with Crippen LogP contribution in [0.15, 0.2) is 0 Å². The SMILES string of the molecule is COCCNS(=O)(=O)NC(C)CCCC(C)C(=O)O. The molecule has 0 aromatic carbocycles. The standard InChI is InChI=1S/C11H24N2O5S/c1-9(11(14)15)5-4-6-10(2)13-19(16,17)12-7-8-18-3/h9-10,12-13H,4-8H2,1-3H3,(H,14,15). The van der Waals surface area contributed by atoms with Gasteiger partial charge in [0.25, 0.3) is 10.2 Å². The Morgan fingerprint density at radius 3 is 2.47 bits per heavy atom. The third kappa shape index (κ3) is 9.83. The Morgan fingerprint density at radius 2 is 1.95 bits per heavy atom. The normalized spacial score (nSPS) is 15.1. The third-order valence-corrected chi connectivity index (χ3v) is 3.95. The highest BCUT2D eigenvalue weighted by Crippen LogP contribution is 2.09. The van der Waals surface area contributed by atoms with E-state index in [1.54, 1.807) is 13.8 Å². The molecule has 0 bridgehead atoms. The number of hydrogen-bond acceptors (Lipinski definition) is 4. The van der Waals surface area contributed by atoms with E-state index in [4.69, 9.17) is 9.84 Å². The Hall–Kier alpha value is -0.700. The summed E-state index contributed by atoms with van der Waals surface area (Å²) in [5.74, 6) is -1.22. The second-order valence-electron chi connectivity index (χ2n) is 4.58. The molecular weight excluding hydrogens is 272 g/mol. The van der Waals surface area contributed by atoms with E-state index in [1.165, 1.54) is 7.11 Å². The number of methoxy groups -OCH3 is 1. The fraction of sp³-hybridized carbons (Fsp3) is 0.909. The van der Waals surface area contributed by atoms with Gasteiger partial charge in [-0.25, -0.2) is 0 Å². The highest BCUT2D eigenvalue weighted by molar-refractivity contribution is 7.87. The van der Waals surface area contributed by atoms with Gasteiger partial charge in [-0.1, -0.05) is 13.3 Å². The van der Waals surface area contributed by atoms with Crippen molar-refractivity contribution in [3.63, 3.8) is 0 Å². The van der Waals surface area contributed by atoms with Crippen LogP contribution in [0.2, 0.25) is 0 Å². The summed E-state index contributed by atoms with van der Waals surface area (Å²) in [6.07, 6.45) is 1.80. The molecule has 0 aliphatic rings. The Bertz CT molecular complexity index is 358. The fourth-order valence-corrected chi connectivity index (χ4v) is 2.58. The molecule has 7 nitrogen and oxygen atoms in total. The number of nitrogens with one attached hydrogen (secondary N) is 2. The maximum absolute atomic E-state index is 11.5. The van der Waals surface area contributed by atoms with Gasteiger partial charge in [0, 0.05) is 19.7 Å². The molecule has 19 heavy (non-hydrogen) atoms. The molecule has 0 fully saturated rings. The van der Waals surface area contributed by atoms with Crippen molar-refractivity contribution in [3.05, 3.63) is 0 Å².